The number of nitrogens with zero attached hydrogens (tertiary/aromatic N) is 1. The Morgan fingerprint density at radius 3 is 2.04 bits per heavy atom. The number of aliphatic hydroxyl groups excluding tert-OH is 3. The maximum absolute atomic E-state index is 13.8. The van der Waals surface area contributed by atoms with E-state index in [-0.39, 0.29) is 50.1 Å². The van der Waals surface area contributed by atoms with Crippen molar-refractivity contribution in [1.29, 1.82) is 0 Å². The normalized spacial score (nSPS) is 27.9. The molecule has 3 aliphatic rings. The van der Waals surface area contributed by atoms with Gasteiger partial charge in [-0.05, 0) is 112 Å². The van der Waals surface area contributed by atoms with Gasteiger partial charge in [-0.2, -0.15) is 0 Å². The fraction of sp³-hybridized carbons (Fsp3) is 0.700. The third-order valence-corrected chi connectivity index (χ3v) is 12.0. The number of aliphatic hydroxyl groups is 3. The molecule has 71 heavy (non-hydrogen) atoms. The number of hydrogen-bond donors (Lipinski definition) is 8. The van der Waals surface area contributed by atoms with Gasteiger partial charge in [0.15, 0.2) is 6.29 Å². The molecule has 21 heteroatoms. The molecule has 1 aromatic carbocycles. The largest absolute Gasteiger partial charge is 0.493 e. The minimum absolute atomic E-state index is 0.00206. The van der Waals surface area contributed by atoms with Gasteiger partial charge in [0.1, 0.15) is 53.1 Å². The number of nitro groups is 1. The van der Waals surface area contributed by atoms with Gasteiger partial charge in [-0.15, -0.1) is 0 Å². The van der Waals surface area contributed by atoms with Crippen molar-refractivity contribution < 1.29 is 67.8 Å². The lowest BCUT2D eigenvalue weighted by Crippen LogP contribution is -2.68. The highest BCUT2D eigenvalue weighted by molar-refractivity contribution is 5.81. The third-order valence-electron chi connectivity index (χ3n) is 12.0. The topological polar surface area (TPSA) is 294 Å². The van der Waals surface area contributed by atoms with Gasteiger partial charge in [-0.3, -0.25) is 14.9 Å². The van der Waals surface area contributed by atoms with Crippen LogP contribution >= 0.6 is 0 Å². The van der Waals surface area contributed by atoms with Crippen LogP contribution in [-0.2, 0) is 44.4 Å². The Balaban J connectivity index is 1.60. The highest BCUT2D eigenvalue weighted by Crippen LogP contribution is 2.39. The van der Waals surface area contributed by atoms with Crippen LogP contribution in [0.1, 0.15) is 107 Å². The Kier molecular flexibility index (Phi) is 20.7. The van der Waals surface area contributed by atoms with Gasteiger partial charge in [0.05, 0.1) is 42.0 Å². The van der Waals surface area contributed by atoms with Gasteiger partial charge in [0.2, 0.25) is 12.2 Å². The minimum Gasteiger partial charge on any atom is -0.493 e. The van der Waals surface area contributed by atoms with Crippen molar-refractivity contribution in [3.05, 3.63) is 76.4 Å². The van der Waals surface area contributed by atoms with E-state index in [1.807, 2.05) is 34.6 Å². The van der Waals surface area contributed by atoms with Gasteiger partial charge in [-0.1, -0.05) is 39.1 Å². The SMILES string of the molecule is C=C(CCc1ccc([N+](=O)[O-])cc1)NCC1=CC[C@@H](N)[C@@H](O[C@@H]2C(NC(=O)OC(C)(C)C)CC(NC(=O)[C@@H](O)CCNC(=O)OC(C)(C)C)[C@H](OC3OCC(C)[C@H](C(C)C(=C)OC(C)(C)C)C3O)[C@H]2O)O1. The number of amides is 3. The van der Waals surface area contributed by atoms with Crippen LogP contribution < -0.4 is 27.0 Å². The molecule has 1 aromatic rings. The number of alkyl carbamates (subject to hydrolysis) is 2. The molecule has 0 spiro atoms. The number of ether oxygens (including phenoxy) is 7. The summed E-state index contributed by atoms with van der Waals surface area (Å²) < 4.78 is 42.4. The van der Waals surface area contributed by atoms with E-state index in [4.69, 9.17) is 38.9 Å². The molecule has 1 aliphatic carbocycles. The predicted molar refractivity (Wildman–Crippen MR) is 262 cm³/mol. The van der Waals surface area contributed by atoms with Crippen LogP contribution in [0.5, 0.6) is 0 Å². The summed E-state index contributed by atoms with van der Waals surface area (Å²) in [6, 6.07) is 3.25. The zero-order valence-electron chi connectivity index (χ0n) is 43.2. The number of carbonyl (C=O) groups is 3. The van der Waals surface area contributed by atoms with E-state index in [9.17, 15) is 39.8 Å². The van der Waals surface area contributed by atoms with Crippen molar-refractivity contribution in [2.45, 2.75) is 186 Å². The Labute approximate surface area is 417 Å². The number of hydrogen-bond acceptors (Lipinski definition) is 17. The van der Waals surface area contributed by atoms with Crippen LogP contribution in [0.15, 0.2) is 60.7 Å². The number of nitro benzene ring substituents is 1. The Bertz CT molecular complexity index is 2010. The predicted octanol–water partition coefficient (Wildman–Crippen LogP) is 4.71. The zero-order chi connectivity index (χ0) is 53.2. The van der Waals surface area contributed by atoms with E-state index < -0.39 is 107 Å². The standard InChI is InChI=1S/C50H80N6O15/c1-27-26-65-45(39(58)38(27)29(3)30(4)69-48(5,6)7)68-41-35(54-43(60)37(57)22-23-52-46(61)70-49(8,9)10)24-36(55-47(62)71-50(11,12)13)42(40(41)59)67-44-34(51)21-20-33(66-44)25-53-28(2)14-15-31-16-18-32(19-17-31)56(63)64/h16-20,27,29,34-42,44-45,53,57-59H,2,4,14-15,21-26,51H2,1,3,5-13H3,(H,52,61)(H,54,60)(H,55,62)/t27?,29?,34-,35?,36?,37+,38-,39?,40-,41+,42-,44-,45?/m1/s1. The molecule has 0 aromatic heterocycles. The average molecular weight is 1010 g/mol. The van der Waals surface area contributed by atoms with Crippen molar-refractivity contribution >= 4 is 23.8 Å². The molecular weight excluding hydrogens is 925 g/mol. The number of rotatable bonds is 20. The van der Waals surface area contributed by atoms with Gasteiger partial charge in [0, 0.05) is 36.2 Å². The van der Waals surface area contributed by atoms with Crippen LogP contribution in [0.4, 0.5) is 15.3 Å². The molecule has 0 bridgehead atoms. The van der Waals surface area contributed by atoms with Crippen molar-refractivity contribution in [3.8, 4) is 0 Å². The lowest BCUT2D eigenvalue weighted by atomic mass is 9.77. The number of nitrogens with two attached hydrogens (primary N) is 1. The van der Waals surface area contributed by atoms with E-state index in [0.717, 1.165) is 5.56 Å². The zero-order valence-corrected chi connectivity index (χ0v) is 43.2. The highest BCUT2D eigenvalue weighted by Gasteiger charge is 2.52. The summed E-state index contributed by atoms with van der Waals surface area (Å²) in [6.07, 6.45) is -8.75. The minimum atomic E-state index is -1.70. The molecule has 6 unspecified atom stereocenters. The number of allylic oxidation sites excluding steroid dienone is 2. The van der Waals surface area contributed by atoms with Gasteiger partial charge in [0.25, 0.3) is 5.69 Å². The van der Waals surface area contributed by atoms with Crippen LogP contribution in [0, 0.1) is 27.9 Å². The molecule has 2 fully saturated rings. The lowest BCUT2D eigenvalue weighted by molar-refractivity contribution is -0.384. The Morgan fingerprint density at radius 1 is 0.873 bits per heavy atom. The van der Waals surface area contributed by atoms with E-state index in [0.29, 0.717) is 36.5 Å². The molecule has 3 amide bonds. The second kappa shape index (κ2) is 25.1. The second-order valence-electron chi connectivity index (χ2n) is 21.7. The summed E-state index contributed by atoms with van der Waals surface area (Å²) in [5.74, 6) is -1.03. The quantitative estimate of drug-likeness (QED) is 0.0498. The summed E-state index contributed by atoms with van der Waals surface area (Å²) >= 11 is 0. The smallest absolute Gasteiger partial charge is 0.407 e. The van der Waals surface area contributed by atoms with E-state index in [2.05, 4.69) is 34.4 Å². The summed E-state index contributed by atoms with van der Waals surface area (Å²) in [4.78, 5) is 50.1. The van der Waals surface area contributed by atoms with Gasteiger partial charge >= 0.3 is 12.2 Å². The molecule has 2 heterocycles. The molecule has 0 radical (unpaired) electrons. The van der Waals surface area contributed by atoms with E-state index in [1.54, 1.807) is 59.8 Å². The Hall–Kier alpha value is -5.03. The maximum Gasteiger partial charge on any atom is 0.407 e. The fourth-order valence-corrected chi connectivity index (χ4v) is 8.51. The number of carbonyl (C=O) groups excluding carboxylic acids is 3. The van der Waals surface area contributed by atoms with Gasteiger partial charge < -0.3 is 75.5 Å². The van der Waals surface area contributed by atoms with Crippen LogP contribution in [0.2, 0.25) is 0 Å². The van der Waals surface area contributed by atoms with Crippen LogP contribution in [0.25, 0.3) is 0 Å². The highest BCUT2D eigenvalue weighted by atomic mass is 16.7. The number of non-ortho nitro benzene ring substituents is 1. The molecular formula is C50H80N6O15. The first-order chi connectivity index (χ1) is 32.9. The first-order valence-electron chi connectivity index (χ1n) is 24.3. The Morgan fingerprint density at radius 2 is 1.45 bits per heavy atom. The third kappa shape index (κ3) is 18.5. The molecule has 2 aliphatic heterocycles. The molecule has 21 nitrogen and oxygen atoms in total. The maximum atomic E-state index is 13.8. The number of benzene rings is 1. The molecule has 9 N–H and O–H groups in total. The lowest BCUT2D eigenvalue weighted by Gasteiger charge is -2.49. The summed E-state index contributed by atoms with van der Waals surface area (Å²) in [5.41, 5.74) is 5.89. The first kappa shape index (κ1) is 58.5. The van der Waals surface area contributed by atoms with Crippen molar-refractivity contribution in [2.75, 3.05) is 19.7 Å². The molecule has 1 saturated heterocycles. The summed E-state index contributed by atoms with van der Waals surface area (Å²) in [7, 11) is 0. The van der Waals surface area contributed by atoms with Gasteiger partial charge in [-0.25, -0.2) is 9.59 Å². The summed E-state index contributed by atoms with van der Waals surface area (Å²) in [6.45, 7) is 28.1. The molecule has 4 rings (SSSR count). The number of nitrogens with one attached hydrogen (secondary N) is 4. The van der Waals surface area contributed by atoms with E-state index >= 15 is 0 Å². The monoisotopic (exact) mass is 1000 g/mol. The first-order valence-corrected chi connectivity index (χ1v) is 24.3. The second-order valence-corrected chi connectivity index (χ2v) is 21.7. The fourth-order valence-electron chi connectivity index (χ4n) is 8.51. The van der Waals surface area contributed by atoms with Crippen molar-refractivity contribution in [3.63, 3.8) is 0 Å². The van der Waals surface area contributed by atoms with E-state index in [1.165, 1.54) is 12.1 Å². The van der Waals surface area contributed by atoms with Crippen LogP contribution in [0.3, 0.4) is 0 Å². The molecule has 400 valence electrons. The number of aryl methyl sites for hydroxylation is 1. The average Bonchev–Trinajstić information content (AvgIpc) is 3.24. The summed E-state index contributed by atoms with van der Waals surface area (Å²) in [5, 5.41) is 57.9. The van der Waals surface area contributed by atoms with Crippen LogP contribution in [-0.4, -0.2) is 136 Å². The molecule has 13 atom stereocenters. The van der Waals surface area contributed by atoms with Crippen molar-refractivity contribution in [1.82, 2.24) is 21.3 Å². The van der Waals surface area contributed by atoms with Crippen molar-refractivity contribution in [2.24, 2.45) is 23.5 Å². The molecule has 1 saturated carbocycles.